The van der Waals surface area contributed by atoms with Crippen molar-refractivity contribution in [3.63, 3.8) is 0 Å². The Labute approximate surface area is 117 Å². The van der Waals surface area contributed by atoms with Crippen LogP contribution in [0.3, 0.4) is 0 Å². The maximum Gasteiger partial charge on any atom is 0.308 e. The van der Waals surface area contributed by atoms with E-state index in [-0.39, 0.29) is 19.5 Å². The first-order valence-electron chi connectivity index (χ1n) is 5.12. The van der Waals surface area contributed by atoms with Gasteiger partial charge in [-0.1, -0.05) is 30.3 Å². The van der Waals surface area contributed by atoms with Gasteiger partial charge in [-0.25, -0.2) is 19.1 Å². The summed E-state index contributed by atoms with van der Waals surface area (Å²) in [4.78, 5) is 10.0. The van der Waals surface area contributed by atoms with Crippen molar-refractivity contribution in [1.82, 2.24) is 0 Å². The SMILES string of the molecule is CC(C)(C)C(=O)O.[CH2-]C=Cc1ccccc1.[Zn]. The Morgan fingerprint density at radius 3 is 1.94 bits per heavy atom. The summed E-state index contributed by atoms with van der Waals surface area (Å²) in [5.74, 6) is -0.757. The zero-order valence-electron chi connectivity index (χ0n) is 10.8. The molecule has 0 radical (unpaired) electrons. The molecule has 3 heteroatoms. The number of hydrogen-bond acceptors (Lipinski definition) is 1. The molecule has 2 nitrogen and oxygen atoms in total. The van der Waals surface area contributed by atoms with E-state index in [2.05, 4.69) is 6.92 Å². The molecule has 0 saturated heterocycles. The fourth-order valence-electron chi connectivity index (χ4n) is 0.700. The maximum absolute atomic E-state index is 10.0. The van der Waals surface area contributed by atoms with Crippen molar-refractivity contribution in [2.75, 3.05) is 0 Å². The molecule has 0 bridgehead atoms. The average molecular weight is 285 g/mol. The van der Waals surface area contributed by atoms with Crippen molar-refractivity contribution >= 4 is 12.0 Å². The summed E-state index contributed by atoms with van der Waals surface area (Å²) in [6, 6.07) is 10.1. The van der Waals surface area contributed by atoms with Crippen LogP contribution < -0.4 is 0 Å². The number of hydrogen-bond donors (Lipinski definition) is 1. The molecule has 1 aromatic rings. The largest absolute Gasteiger partial charge is 0.481 e. The minimum Gasteiger partial charge on any atom is -0.481 e. The second-order valence-corrected chi connectivity index (χ2v) is 4.37. The first kappa shape index (κ1) is 18.3. The molecule has 0 heterocycles. The second-order valence-electron chi connectivity index (χ2n) is 4.37. The van der Waals surface area contributed by atoms with E-state index in [0.29, 0.717) is 0 Å². The summed E-state index contributed by atoms with van der Waals surface area (Å²) in [6.45, 7) is 8.59. The average Bonchev–Trinajstić information content (AvgIpc) is 2.19. The number of benzene rings is 1. The predicted octanol–water partition coefficient (Wildman–Crippen LogP) is 3.65. The van der Waals surface area contributed by atoms with Gasteiger partial charge in [0.2, 0.25) is 0 Å². The van der Waals surface area contributed by atoms with Crippen molar-refractivity contribution in [2.24, 2.45) is 5.41 Å². The molecule has 0 aliphatic carbocycles. The summed E-state index contributed by atoms with van der Waals surface area (Å²) in [5, 5.41) is 8.25. The van der Waals surface area contributed by atoms with Crippen molar-refractivity contribution in [3.05, 3.63) is 48.9 Å². The monoisotopic (exact) mass is 283 g/mol. The van der Waals surface area contributed by atoms with Crippen molar-refractivity contribution < 1.29 is 29.4 Å². The first-order chi connectivity index (χ1) is 7.38. The second kappa shape index (κ2) is 9.01. The maximum atomic E-state index is 10.0. The third-order valence-corrected chi connectivity index (χ3v) is 1.75. The van der Waals surface area contributed by atoms with E-state index >= 15 is 0 Å². The van der Waals surface area contributed by atoms with Crippen LogP contribution in [-0.2, 0) is 24.3 Å². The number of carboxylic acid groups (broad SMARTS) is 1. The van der Waals surface area contributed by atoms with Crippen LogP contribution in [-0.4, -0.2) is 11.1 Å². The molecule has 90 valence electrons. The molecule has 0 fully saturated rings. The molecule has 0 aliphatic rings. The molecule has 0 amide bonds. The van der Waals surface area contributed by atoms with Crippen LogP contribution in [0.5, 0.6) is 0 Å². The number of carboxylic acids is 1. The molecule has 1 N–H and O–H groups in total. The Kier molecular flexibility index (Phi) is 9.69. The van der Waals surface area contributed by atoms with E-state index in [1.165, 1.54) is 5.56 Å². The van der Waals surface area contributed by atoms with Crippen LogP contribution in [0.4, 0.5) is 0 Å². The minimum atomic E-state index is -0.757. The molecule has 1 aromatic carbocycles. The molecular weight excluding hydrogens is 266 g/mol. The van der Waals surface area contributed by atoms with Crippen molar-refractivity contribution in [3.8, 4) is 0 Å². The van der Waals surface area contributed by atoms with Gasteiger partial charge in [-0.3, -0.25) is 4.79 Å². The fourth-order valence-corrected chi connectivity index (χ4v) is 0.700. The molecule has 0 atom stereocenters. The zero-order valence-corrected chi connectivity index (χ0v) is 13.8. The zero-order chi connectivity index (χ0) is 12.6. The van der Waals surface area contributed by atoms with E-state index in [1.807, 2.05) is 36.4 Å². The summed E-state index contributed by atoms with van der Waals surface area (Å²) >= 11 is 0. The van der Waals surface area contributed by atoms with E-state index in [9.17, 15) is 4.79 Å². The van der Waals surface area contributed by atoms with Gasteiger partial charge in [0.05, 0.1) is 5.41 Å². The predicted molar refractivity (Wildman–Crippen MR) is 67.9 cm³/mol. The third kappa shape index (κ3) is 9.83. The first-order valence-corrected chi connectivity index (χ1v) is 5.12. The summed E-state index contributed by atoms with van der Waals surface area (Å²) in [6.07, 6.45) is 3.76. The number of aliphatic carboxylic acids is 1. The van der Waals surface area contributed by atoms with E-state index in [0.717, 1.165) is 0 Å². The third-order valence-electron chi connectivity index (χ3n) is 1.75. The van der Waals surface area contributed by atoms with Gasteiger partial charge in [0.1, 0.15) is 0 Å². The summed E-state index contributed by atoms with van der Waals surface area (Å²) in [7, 11) is 0. The van der Waals surface area contributed by atoms with Crippen LogP contribution in [0.2, 0.25) is 0 Å². The molecular formula is C14H19O2Zn-. The molecule has 0 spiro atoms. The normalized spacial score (nSPS) is 10.1. The smallest absolute Gasteiger partial charge is 0.308 e. The molecule has 0 aromatic heterocycles. The van der Waals surface area contributed by atoms with Gasteiger partial charge in [0, 0.05) is 19.5 Å². The Morgan fingerprint density at radius 2 is 1.65 bits per heavy atom. The van der Waals surface area contributed by atoms with Gasteiger partial charge < -0.3 is 5.11 Å². The Balaban J connectivity index is 0. The minimum absolute atomic E-state index is 0. The van der Waals surface area contributed by atoms with Crippen LogP contribution in [0.1, 0.15) is 26.3 Å². The standard InChI is InChI=1S/C9H9.C5H10O2.Zn/c1-2-6-9-7-4-3-5-8-9;1-5(2,3)4(6)7;/h2-8H,1H2;1-3H3,(H,6,7);/q-1;;. The molecule has 1 rings (SSSR count). The van der Waals surface area contributed by atoms with Gasteiger partial charge in [-0.2, -0.15) is 0 Å². The van der Waals surface area contributed by atoms with Crippen LogP contribution in [0.25, 0.3) is 6.08 Å². The quantitative estimate of drug-likeness (QED) is 0.631. The Hall–Kier alpha value is -1.08. The van der Waals surface area contributed by atoms with Gasteiger partial charge in [-0.15, -0.1) is 5.56 Å². The van der Waals surface area contributed by atoms with Crippen molar-refractivity contribution in [1.29, 1.82) is 0 Å². The summed E-state index contributed by atoms with van der Waals surface area (Å²) in [5.41, 5.74) is 0.618. The van der Waals surface area contributed by atoms with Crippen molar-refractivity contribution in [2.45, 2.75) is 20.8 Å². The van der Waals surface area contributed by atoms with E-state index < -0.39 is 11.4 Å². The molecule has 17 heavy (non-hydrogen) atoms. The number of rotatable bonds is 1. The van der Waals surface area contributed by atoms with Crippen LogP contribution >= 0.6 is 0 Å². The Morgan fingerprint density at radius 1 is 1.24 bits per heavy atom. The number of allylic oxidation sites excluding steroid dienone is 1. The van der Waals surface area contributed by atoms with Crippen LogP contribution in [0.15, 0.2) is 36.4 Å². The fraction of sp³-hybridized carbons (Fsp3) is 0.286. The van der Waals surface area contributed by atoms with Gasteiger partial charge >= 0.3 is 5.97 Å². The Bertz CT molecular complexity index is 337. The molecule has 0 unspecified atom stereocenters. The van der Waals surface area contributed by atoms with Gasteiger partial charge in [0.25, 0.3) is 0 Å². The summed E-state index contributed by atoms with van der Waals surface area (Å²) < 4.78 is 0. The van der Waals surface area contributed by atoms with Crippen LogP contribution in [0, 0.1) is 12.3 Å². The molecule has 0 aliphatic heterocycles. The number of carbonyl (C=O) groups is 1. The topological polar surface area (TPSA) is 37.3 Å². The van der Waals surface area contributed by atoms with E-state index in [4.69, 9.17) is 5.11 Å². The molecule has 0 saturated carbocycles. The van der Waals surface area contributed by atoms with Gasteiger partial charge in [-0.05, 0) is 20.8 Å². The van der Waals surface area contributed by atoms with E-state index in [1.54, 1.807) is 26.8 Å². The van der Waals surface area contributed by atoms with Gasteiger partial charge in [0.15, 0.2) is 0 Å².